The van der Waals surface area contributed by atoms with Crippen LogP contribution in [0.3, 0.4) is 0 Å². The highest BCUT2D eigenvalue weighted by Gasteiger charge is 2.18. The summed E-state index contributed by atoms with van der Waals surface area (Å²) in [7, 11) is 0. The van der Waals surface area contributed by atoms with Gasteiger partial charge >= 0.3 is 0 Å². The zero-order chi connectivity index (χ0) is 19.7. The molecule has 7 nitrogen and oxygen atoms in total. The van der Waals surface area contributed by atoms with Gasteiger partial charge in [0.25, 0.3) is 5.56 Å². The van der Waals surface area contributed by atoms with Gasteiger partial charge in [-0.3, -0.25) is 19.2 Å². The molecule has 1 aliphatic rings. The zero-order valence-electron chi connectivity index (χ0n) is 16.5. The topological polar surface area (TPSA) is 71.6 Å². The van der Waals surface area contributed by atoms with E-state index in [4.69, 9.17) is 0 Å². The molecule has 0 aliphatic carbocycles. The highest BCUT2D eigenvalue weighted by atomic mass is 16.2. The average molecular weight is 381 g/mol. The highest BCUT2D eigenvalue weighted by molar-refractivity contribution is 5.93. The molecule has 0 unspecified atom stereocenters. The molecular formula is C21H27N5O2. The van der Waals surface area contributed by atoms with E-state index in [0.717, 1.165) is 29.7 Å². The molecule has 148 valence electrons. The first kappa shape index (κ1) is 18.7. The van der Waals surface area contributed by atoms with Crippen LogP contribution >= 0.6 is 0 Å². The molecule has 2 aromatic heterocycles. The molecule has 1 atom stereocenters. The van der Waals surface area contributed by atoms with Crippen molar-refractivity contribution in [2.45, 2.75) is 45.7 Å². The van der Waals surface area contributed by atoms with Crippen LogP contribution in [0.5, 0.6) is 0 Å². The summed E-state index contributed by atoms with van der Waals surface area (Å²) in [5.41, 5.74) is 1.99. The Morgan fingerprint density at radius 2 is 2.11 bits per heavy atom. The van der Waals surface area contributed by atoms with E-state index in [1.54, 1.807) is 0 Å². The second-order valence-corrected chi connectivity index (χ2v) is 7.68. The van der Waals surface area contributed by atoms with Crippen molar-refractivity contribution in [1.29, 1.82) is 0 Å². The third-order valence-electron chi connectivity index (χ3n) is 5.70. The molecule has 0 bridgehead atoms. The van der Waals surface area contributed by atoms with Crippen LogP contribution in [0.1, 0.15) is 31.9 Å². The number of amides is 1. The summed E-state index contributed by atoms with van der Waals surface area (Å²) in [6.07, 6.45) is 3.78. The van der Waals surface area contributed by atoms with Crippen molar-refractivity contribution in [3.05, 3.63) is 46.4 Å². The molecule has 0 saturated carbocycles. The first-order valence-corrected chi connectivity index (χ1v) is 10.0. The molecule has 1 saturated heterocycles. The number of carbonyl (C=O) groups is 1. The van der Waals surface area contributed by atoms with Gasteiger partial charge in [0.2, 0.25) is 5.91 Å². The van der Waals surface area contributed by atoms with Gasteiger partial charge in [0, 0.05) is 36.3 Å². The predicted octanol–water partition coefficient (Wildman–Crippen LogP) is 1.95. The van der Waals surface area contributed by atoms with Crippen molar-refractivity contribution in [2.24, 2.45) is 0 Å². The second kappa shape index (κ2) is 7.75. The van der Waals surface area contributed by atoms with Crippen LogP contribution in [-0.2, 0) is 11.3 Å². The monoisotopic (exact) mass is 381 g/mol. The van der Waals surface area contributed by atoms with Gasteiger partial charge in [-0.1, -0.05) is 18.6 Å². The third-order valence-corrected chi connectivity index (χ3v) is 5.70. The number of likely N-dealkylation sites (tertiary alicyclic amines) is 1. The summed E-state index contributed by atoms with van der Waals surface area (Å²) in [5, 5.41) is 3.93. The standard InChI is InChI=1S/C21H27N5O2/c1-15-7-5-6-11-24(15)12-10-22-20(28)14-25-18-9-4-3-8-17(18)21-23-19(27)13-16(2)26(21)25/h3-4,8-9,13,15H,5-7,10-12,14H2,1-2H3,(H,22,28)/t15-/m1/s1. The van der Waals surface area contributed by atoms with E-state index in [9.17, 15) is 9.59 Å². The number of hydrogen-bond acceptors (Lipinski definition) is 4. The molecule has 28 heavy (non-hydrogen) atoms. The van der Waals surface area contributed by atoms with E-state index in [-0.39, 0.29) is 18.0 Å². The van der Waals surface area contributed by atoms with Crippen LogP contribution in [0.15, 0.2) is 35.1 Å². The largest absolute Gasteiger partial charge is 0.353 e. The number of carbonyl (C=O) groups excluding carboxylic acids is 1. The summed E-state index contributed by atoms with van der Waals surface area (Å²) >= 11 is 0. The Morgan fingerprint density at radius 3 is 2.93 bits per heavy atom. The fourth-order valence-corrected chi connectivity index (χ4v) is 4.24. The molecule has 7 heteroatoms. The normalized spacial score (nSPS) is 18.0. The number of para-hydroxylation sites is 1. The van der Waals surface area contributed by atoms with Gasteiger partial charge in [0.1, 0.15) is 6.54 Å². The Labute approximate surface area is 163 Å². The van der Waals surface area contributed by atoms with Gasteiger partial charge in [-0.2, -0.15) is 4.98 Å². The zero-order valence-corrected chi connectivity index (χ0v) is 16.5. The number of aryl methyl sites for hydroxylation is 1. The van der Waals surface area contributed by atoms with Crippen molar-refractivity contribution >= 4 is 22.5 Å². The number of rotatable bonds is 5. The van der Waals surface area contributed by atoms with Gasteiger partial charge in [0.15, 0.2) is 5.65 Å². The highest BCUT2D eigenvalue weighted by Crippen LogP contribution is 2.21. The maximum atomic E-state index is 12.7. The minimum atomic E-state index is -0.263. The maximum Gasteiger partial charge on any atom is 0.273 e. The van der Waals surface area contributed by atoms with E-state index in [2.05, 4.69) is 22.1 Å². The van der Waals surface area contributed by atoms with Crippen LogP contribution < -0.4 is 10.9 Å². The van der Waals surface area contributed by atoms with E-state index < -0.39 is 0 Å². The summed E-state index contributed by atoms with van der Waals surface area (Å²) in [6.45, 7) is 6.95. The van der Waals surface area contributed by atoms with Gasteiger partial charge in [-0.15, -0.1) is 0 Å². The van der Waals surface area contributed by atoms with Crippen LogP contribution in [0.25, 0.3) is 16.6 Å². The Balaban J connectivity index is 1.53. The molecule has 1 amide bonds. The summed E-state index contributed by atoms with van der Waals surface area (Å²) in [6, 6.07) is 9.83. The molecule has 1 aliphatic heterocycles. The van der Waals surface area contributed by atoms with Crippen LogP contribution in [0, 0.1) is 6.92 Å². The lowest BCUT2D eigenvalue weighted by atomic mass is 10.0. The van der Waals surface area contributed by atoms with Crippen LogP contribution in [-0.4, -0.2) is 50.7 Å². The van der Waals surface area contributed by atoms with Crippen molar-refractivity contribution < 1.29 is 4.79 Å². The fraction of sp³-hybridized carbons (Fsp3) is 0.476. The van der Waals surface area contributed by atoms with Gasteiger partial charge in [0.05, 0.1) is 5.52 Å². The molecule has 3 heterocycles. The third kappa shape index (κ3) is 3.54. The van der Waals surface area contributed by atoms with Gasteiger partial charge < -0.3 is 5.32 Å². The minimum Gasteiger partial charge on any atom is -0.353 e. The fourth-order valence-electron chi connectivity index (χ4n) is 4.24. The van der Waals surface area contributed by atoms with Crippen molar-refractivity contribution in [2.75, 3.05) is 19.6 Å². The first-order chi connectivity index (χ1) is 13.5. The molecule has 1 aromatic carbocycles. The number of aromatic nitrogens is 3. The number of benzene rings is 1. The lowest BCUT2D eigenvalue weighted by Gasteiger charge is -2.33. The average Bonchev–Trinajstić information content (AvgIpc) is 2.97. The summed E-state index contributed by atoms with van der Waals surface area (Å²) < 4.78 is 3.75. The first-order valence-electron chi connectivity index (χ1n) is 10.0. The molecule has 0 radical (unpaired) electrons. The minimum absolute atomic E-state index is 0.0367. The lowest BCUT2D eigenvalue weighted by Crippen LogP contribution is -2.43. The smallest absolute Gasteiger partial charge is 0.273 e. The number of piperidine rings is 1. The Morgan fingerprint density at radius 1 is 1.29 bits per heavy atom. The van der Waals surface area contributed by atoms with E-state index in [1.807, 2.05) is 40.4 Å². The summed E-state index contributed by atoms with van der Waals surface area (Å²) in [5.74, 6) is -0.0367. The molecule has 0 spiro atoms. The molecule has 1 fully saturated rings. The van der Waals surface area contributed by atoms with Gasteiger partial charge in [-0.25, -0.2) is 4.52 Å². The Bertz CT molecular complexity index is 1070. The lowest BCUT2D eigenvalue weighted by molar-refractivity contribution is -0.121. The van der Waals surface area contributed by atoms with E-state index in [1.165, 1.54) is 25.3 Å². The van der Waals surface area contributed by atoms with Gasteiger partial charge in [-0.05, 0) is 45.4 Å². The van der Waals surface area contributed by atoms with E-state index in [0.29, 0.717) is 18.2 Å². The van der Waals surface area contributed by atoms with Crippen LogP contribution in [0.4, 0.5) is 0 Å². The molecule has 4 rings (SSSR count). The van der Waals surface area contributed by atoms with Crippen LogP contribution in [0.2, 0.25) is 0 Å². The molecule has 3 aromatic rings. The van der Waals surface area contributed by atoms with Crippen molar-refractivity contribution in [3.8, 4) is 0 Å². The predicted molar refractivity (Wildman–Crippen MR) is 110 cm³/mol. The molecule has 1 N–H and O–H groups in total. The summed E-state index contributed by atoms with van der Waals surface area (Å²) in [4.78, 5) is 31.2. The molecular weight excluding hydrogens is 354 g/mol. The maximum absolute atomic E-state index is 12.7. The number of hydrogen-bond donors (Lipinski definition) is 1. The van der Waals surface area contributed by atoms with E-state index >= 15 is 0 Å². The SMILES string of the molecule is Cc1cc(=O)nc2c3ccccc3n(CC(=O)NCCN3CCCC[C@H]3C)n12. The van der Waals surface area contributed by atoms with Crippen molar-refractivity contribution in [3.63, 3.8) is 0 Å². The number of nitrogens with one attached hydrogen (secondary N) is 1. The quantitative estimate of drug-likeness (QED) is 0.733. The number of nitrogens with zero attached hydrogens (tertiary/aromatic N) is 4. The Kier molecular flexibility index (Phi) is 5.17. The number of fused-ring (bicyclic) bond motifs is 3. The van der Waals surface area contributed by atoms with Crippen molar-refractivity contribution in [1.82, 2.24) is 24.4 Å². The Hall–Kier alpha value is -2.67. The second-order valence-electron chi connectivity index (χ2n) is 7.68.